The summed E-state index contributed by atoms with van der Waals surface area (Å²) in [5, 5.41) is 0. The van der Waals surface area contributed by atoms with Gasteiger partial charge in [0.15, 0.2) is 0 Å². The molecule has 0 spiro atoms. The van der Waals surface area contributed by atoms with E-state index in [1.54, 1.807) is 0 Å². The number of fused-ring (bicyclic) bond motifs is 1. The Labute approximate surface area is 126 Å². The van der Waals surface area contributed by atoms with Crippen molar-refractivity contribution in [3.8, 4) is 0 Å². The second kappa shape index (κ2) is 5.96. The van der Waals surface area contributed by atoms with Crippen LogP contribution in [0.3, 0.4) is 0 Å². The molecule has 1 aliphatic rings. The molecule has 2 aromatic rings. The van der Waals surface area contributed by atoms with Crippen molar-refractivity contribution in [2.24, 2.45) is 5.73 Å². The molecule has 0 saturated carbocycles. The van der Waals surface area contributed by atoms with Crippen molar-refractivity contribution in [3.05, 3.63) is 64.5 Å². The van der Waals surface area contributed by atoms with Gasteiger partial charge in [-0.2, -0.15) is 0 Å². The predicted molar refractivity (Wildman–Crippen MR) is 84.1 cm³/mol. The maximum absolute atomic E-state index is 6.39. The molecule has 3 nitrogen and oxygen atoms in total. The molecule has 0 saturated heterocycles. The topological polar surface area (TPSA) is 48.1 Å². The van der Waals surface area contributed by atoms with Crippen molar-refractivity contribution in [2.45, 2.75) is 38.8 Å². The van der Waals surface area contributed by atoms with Crippen molar-refractivity contribution in [1.82, 2.24) is 4.98 Å². The van der Waals surface area contributed by atoms with Gasteiger partial charge in [0.05, 0.1) is 24.4 Å². The first-order chi connectivity index (χ1) is 10.1. The summed E-state index contributed by atoms with van der Waals surface area (Å²) in [6, 6.07) is 10.5. The highest BCUT2D eigenvalue weighted by molar-refractivity contribution is 5.32. The second-order valence-corrected chi connectivity index (χ2v) is 5.87. The summed E-state index contributed by atoms with van der Waals surface area (Å²) in [6.45, 7) is 4.90. The highest BCUT2D eigenvalue weighted by Crippen LogP contribution is 2.33. The van der Waals surface area contributed by atoms with Crippen LogP contribution in [0.1, 0.15) is 46.5 Å². The van der Waals surface area contributed by atoms with Gasteiger partial charge in [-0.15, -0.1) is 0 Å². The number of aromatic nitrogens is 1. The van der Waals surface area contributed by atoms with Gasteiger partial charge in [0.1, 0.15) is 0 Å². The summed E-state index contributed by atoms with van der Waals surface area (Å²) in [5.41, 5.74) is 12.4. The van der Waals surface area contributed by atoms with Gasteiger partial charge in [-0.05, 0) is 48.9 Å². The number of nitrogens with zero attached hydrogens (tertiary/aromatic N) is 1. The molecule has 0 fully saturated rings. The van der Waals surface area contributed by atoms with E-state index in [9.17, 15) is 0 Å². The summed E-state index contributed by atoms with van der Waals surface area (Å²) in [4.78, 5) is 4.52. The van der Waals surface area contributed by atoms with Crippen LogP contribution < -0.4 is 5.73 Å². The normalized spacial score (nSPS) is 19.1. The van der Waals surface area contributed by atoms with Crippen LogP contribution in [0.2, 0.25) is 0 Å². The third-order valence-electron chi connectivity index (χ3n) is 4.17. The first-order valence-electron chi connectivity index (χ1n) is 7.53. The highest BCUT2D eigenvalue weighted by Gasteiger charge is 2.24. The minimum absolute atomic E-state index is 0.0763. The van der Waals surface area contributed by atoms with Gasteiger partial charge in [-0.3, -0.25) is 4.98 Å². The molecule has 2 N–H and O–H groups in total. The second-order valence-electron chi connectivity index (χ2n) is 5.87. The third kappa shape index (κ3) is 2.99. The Bertz CT molecular complexity index is 639. The van der Waals surface area contributed by atoms with Gasteiger partial charge in [0.25, 0.3) is 0 Å². The zero-order chi connectivity index (χ0) is 14.8. The van der Waals surface area contributed by atoms with Gasteiger partial charge in [0, 0.05) is 6.20 Å². The summed E-state index contributed by atoms with van der Waals surface area (Å²) < 4.78 is 5.95. The lowest BCUT2D eigenvalue weighted by Gasteiger charge is -2.28. The molecule has 0 bridgehead atoms. The van der Waals surface area contributed by atoms with E-state index in [1.807, 2.05) is 6.20 Å². The molecule has 2 atom stereocenters. The van der Waals surface area contributed by atoms with E-state index in [0.29, 0.717) is 0 Å². The smallest absolute Gasteiger partial charge is 0.0846 e. The zero-order valence-corrected chi connectivity index (χ0v) is 12.7. The van der Waals surface area contributed by atoms with Crippen LogP contribution in [0.15, 0.2) is 36.5 Å². The minimum atomic E-state index is -0.0956. The molecular weight excluding hydrogens is 260 g/mol. The van der Waals surface area contributed by atoms with Gasteiger partial charge in [-0.25, -0.2) is 0 Å². The number of nitrogens with two attached hydrogens (primary N) is 1. The number of ether oxygens (including phenoxy) is 1. The third-order valence-corrected chi connectivity index (χ3v) is 4.17. The Morgan fingerprint density at radius 3 is 2.95 bits per heavy atom. The number of pyridine rings is 1. The van der Waals surface area contributed by atoms with Gasteiger partial charge in [-0.1, -0.05) is 30.3 Å². The van der Waals surface area contributed by atoms with Crippen LogP contribution in [0, 0.1) is 13.8 Å². The average molecular weight is 282 g/mol. The Balaban J connectivity index is 1.81. The van der Waals surface area contributed by atoms with E-state index in [4.69, 9.17) is 10.5 Å². The number of hydrogen-bond acceptors (Lipinski definition) is 3. The molecule has 3 rings (SSSR count). The van der Waals surface area contributed by atoms with Crippen LogP contribution in [0.5, 0.6) is 0 Å². The first kappa shape index (κ1) is 14.2. The SMILES string of the molecule is Cc1cnc(C(N)CC2OCCc3ccccc32)c(C)c1. The van der Waals surface area contributed by atoms with Crippen LogP contribution in [0.4, 0.5) is 0 Å². The van der Waals surface area contributed by atoms with Crippen molar-refractivity contribution in [3.63, 3.8) is 0 Å². The van der Waals surface area contributed by atoms with Crippen LogP contribution in [-0.4, -0.2) is 11.6 Å². The monoisotopic (exact) mass is 282 g/mol. The zero-order valence-electron chi connectivity index (χ0n) is 12.7. The molecule has 1 aromatic heterocycles. The summed E-state index contributed by atoms with van der Waals surface area (Å²) in [7, 11) is 0. The standard InChI is InChI=1S/C18H22N2O/c1-12-9-13(2)18(20-11-12)16(19)10-17-15-6-4-3-5-14(15)7-8-21-17/h3-6,9,11,16-17H,7-8,10,19H2,1-2H3. The molecule has 1 aromatic carbocycles. The number of aryl methyl sites for hydroxylation is 2. The molecule has 110 valence electrons. The minimum Gasteiger partial charge on any atom is -0.373 e. The maximum atomic E-state index is 6.39. The Morgan fingerprint density at radius 1 is 1.33 bits per heavy atom. The first-order valence-corrected chi connectivity index (χ1v) is 7.53. The lowest BCUT2D eigenvalue weighted by Crippen LogP contribution is -2.22. The lowest BCUT2D eigenvalue weighted by molar-refractivity contribution is 0.0317. The molecule has 1 aliphatic heterocycles. The van der Waals surface area contributed by atoms with E-state index in [-0.39, 0.29) is 12.1 Å². The van der Waals surface area contributed by atoms with Gasteiger partial charge in [0.2, 0.25) is 0 Å². The van der Waals surface area contributed by atoms with Crippen molar-refractivity contribution >= 4 is 0 Å². The van der Waals surface area contributed by atoms with Crippen LogP contribution >= 0.6 is 0 Å². The Hall–Kier alpha value is -1.71. The van der Waals surface area contributed by atoms with Gasteiger partial charge < -0.3 is 10.5 Å². The quantitative estimate of drug-likeness (QED) is 0.938. The molecule has 2 unspecified atom stereocenters. The molecule has 3 heteroatoms. The van der Waals surface area contributed by atoms with E-state index < -0.39 is 0 Å². The Morgan fingerprint density at radius 2 is 2.14 bits per heavy atom. The fourth-order valence-corrected chi connectivity index (χ4v) is 3.13. The largest absolute Gasteiger partial charge is 0.373 e. The number of hydrogen-bond donors (Lipinski definition) is 1. The fraction of sp³-hybridized carbons (Fsp3) is 0.389. The number of benzene rings is 1. The summed E-state index contributed by atoms with van der Waals surface area (Å²) >= 11 is 0. The van der Waals surface area contributed by atoms with Crippen molar-refractivity contribution in [2.75, 3.05) is 6.61 Å². The van der Waals surface area contributed by atoms with E-state index >= 15 is 0 Å². The van der Waals surface area contributed by atoms with E-state index in [1.165, 1.54) is 16.7 Å². The lowest BCUT2D eigenvalue weighted by atomic mass is 9.92. The summed E-state index contributed by atoms with van der Waals surface area (Å²) in [5.74, 6) is 0. The predicted octanol–water partition coefficient (Wildman–Crippen LogP) is 3.40. The van der Waals surface area contributed by atoms with Gasteiger partial charge >= 0.3 is 0 Å². The maximum Gasteiger partial charge on any atom is 0.0846 e. The van der Waals surface area contributed by atoms with E-state index in [2.05, 4.69) is 49.2 Å². The van der Waals surface area contributed by atoms with Crippen molar-refractivity contribution in [1.29, 1.82) is 0 Å². The Kier molecular flexibility index (Phi) is 4.04. The molecular formula is C18H22N2O. The molecule has 21 heavy (non-hydrogen) atoms. The van der Waals surface area contributed by atoms with E-state index in [0.717, 1.165) is 30.7 Å². The highest BCUT2D eigenvalue weighted by atomic mass is 16.5. The van der Waals surface area contributed by atoms with Crippen molar-refractivity contribution < 1.29 is 4.74 Å². The van der Waals surface area contributed by atoms with Crippen LogP contribution in [-0.2, 0) is 11.2 Å². The number of rotatable bonds is 3. The molecule has 0 radical (unpaired) electrons. The van der Waals surface area contributed by atoms with Crippen LogP contribution in [0.25, 0.3) is 0 Å². The summed E-state index contributed by atoms with van der Waals surface area (Å²) in [6.07, 6.45) is 3.72. The molecule has 0 amide bonds. The average Bonchev–Trinajstić information content (AvgIpc) is 2.47. The molecule has 0 aliphatic carbocycles. The fourth-order valence-electron chi connectivity index (χ4n) is 3.13. The molecule has 2 heterocycles.